The number of rotatable bonds is 7. The first-order valence-electron chi connectivity index (χ1n) is 13.2. The first-order valence-corrected chi connectivity index (χ1v) is 13.2. The summed E-state index contributed by atoms with van der Waals surface area (Å²) in [6.45, 7) is 11.8. The number of nitrogens with zero attached hydrogens (tertiary/aromatic N) is 4. The van der Waals surface area contributed by atoms with Crippen LogP contribution >= 0.6 is 0 Å². The molecule has 0 radical (unpaired) electrons. The van der Waals surface area contributed by atoms with Gasteiger partial charge >= 0.3 is 5.69 Å². The lowest BCUT2D eigenvalue weighted by atomic mass is 9.95. The molecular weight excluding hydrogens is 466 g/mol. The van der Waals surface area contributed by atoms with Crippen LogP contribution < -0.4 is 16.6 Å². The van der Waals surface area contributed by atoms with Gasteiger partial charge in [0.05, 0.1) is 5.39 Å². The van der Waals surface area contributed by atoms with Gasteiger partial charge in [-0.15, -0.1) is 0 Å². The Morgan fingerprint density at radius 3 is 2.46 bits per heavy atom. The summed E-state index contributed by atoms with van der Waals surface area (Å²) in [6, 6.07) is 6.65. The molecule has 1 fully saturated rings. The van der Waals surface area contributed by atoms with Gasteiger partial charge in [0.2, 0.25) is 5.91 Å². The van der Waals surface area contributed by atoms with E-state index in [0.717, 1.165) is 53.9 Å². The fourth-order valence-corrected chi connectivity index (χ4v) is 5.45. The van der Waals surface area contributed by atoms with Gasteiger partial charge in [0, 0.05) is 39.3 Å². The van der Waals surface area contributed by atoms with Crippen LogP contribution in [0.1, 0.15) is 52.8 Å². The van der Waals surface area contributed by atoms with Gasteiger partial charge in [0.1, 0.15) is 5.65 Å². The van der Waals surface area contributed by atoms with Crippen LogP contribution in [0.15, 0.2) is 27.8 Å². The van der Waals surface area contributed by atoms with Crippen molar-refractivity contribution in [3.8, 4) is 0 Å². The van der Waals surface area contributed by atoms with Crippen LogP contribution in [0.4, 0.5) is 0 Å². The molecule has 0 bridgehead atoms. The summed E-state index contributed by atoms with van der Waals surface area (Å²) in [6.07, 6.45) is 3.01. The number of amides is 1. The second kappa shape index (κ2) is 11.0. The van der Waals surface area contributed by atoms with Gasteiger partial charge in [-0.05, 0) is 88.2 Å². The number of piperidine rings is 1. The van der Waals surface area contributed by atoms with Gasteiger partial charge in [0.25, 0.3) is 5.56 Å². The standard InChI is InChI=1S/C29H39N5O3/c1-18-7-8-19(2)23(15-18)17-34-13-11-22(12-14-34)16-30-25(35)10-9-24-20(3)26-27(31-21(24)4)32(5)29(37)33(6)28(26)36/h7-8,15,22H,9-14,16-17H2,1-6H3,(H,30,35). The van der Waals surface area contributed by atoms with Crippen molar-refractivity contribution in [3.05, 3.63) is 72.5 Å². The van der Waals surface area contributed by atoms with Crippen molar-refractivity contribution < 1.29 is 4.79 Å². The molecule has 3 heterocycles. The maximum absolute atomic E-state index is 12.8. The monoisotopic (exact) mass is 505 g/mol. The van der Waals surface area contributed by atoms with Gasteiger partial charge in [-0.25, -0.2) is 9.78 Å². The van der Waals surface area contributed by atoms with Crippen molar-refractivity contribution in [3.63, 3.8) is 0 Å². The molecule has 1 aliphatic heterocycles. The van der Waals surface area contributed by atoms with Crippen LogP contribution in [-0.4, -0.2) is 44.6 Å². The van der Waals surface area contributed by atoms with E-state index in [1.165, 1.54) is 28.3 Å². The molecule has 0 unspecified atom stereocenters. The number of hydrogen-bond acceptors (Lipinski definition) is 5. The van der Waals surface area contributed by atoms with Gasteiger partial charge < -0.3 is 5.32 Å². The van der Waals surface area contributed by atoms with E-state index in [4.69, 9.17) is 0 Å². The van der Waals surface area contributed by atoms with E-state index >= 15 is 0 Å². The Kier molecular flexibility index (Phi) is 7.97. The molecule has 198 valence electrons. The lowest BCUT2D eigenvalue weighted by Crippen LogP contribution is -2.38. The second-order valence-corrected chi connectivity index (χ2v) is 10.7. The lowest BCUT2D eigenvalue weighted by molar-refractivity contribution is -0.121. The van der Waals surface area contributed by atoms with Crippen LogP contribution in [-0.2, 0) is 31.9 Å². The number of nitrogens with one attached hydrogen (secondary N) is 1. The smallest absolute Gasteiger partial charge is 0.332 e. The summed E-state index contributed by atoms with van der Waals surface area (Å²) in [7, 11) is 3.10. The second-order valence-electron chi connectivity index (χ2n) is 10.7. The number of carbonyl (C=O) groups excluding carboxylic acids is 1. The zero-order chi connectivity index (χ0) is 26.9. The average molecular weight is 506 g/mol. The number of hydrogen-bond donors (Lipinski definition) is 1. The van der Waals surface area contributed by atoms with Crippen molar-refractivity contribution >= 4 is 16.9 Å². The average Bonchev–Trinajstić information content (AvgIpc) is 2.87. The minimum Gasteiger partial charge on any atom is -0.356 e. The summed E-state index contributed by atoms with van der Waals surface area (Å²) < 4.78 is 2.51. The molecule has 0 aliphatic carbocycles. The van der Waals surface area contributed by atoms with Crippen molar-refractivity contribution in [1.82, 2.24) is 24.3 Å². The maximum atomic E-state index is 12.8. The number of aromatic nitrogens is 3. The molecule has 0 atom stereocenters. The molecule has 0 spiro atoms. The molecule has 1 amide bonds. The maximum Gasteiger partial charge on any atom is 0.332 e. The normalized spacial score (nSPS) is 14.9. The number of benzene rings is 1. The fourth-order valence-electron chi connectivity index (χ4n) is 5.45. The van der Waals surface area contributed by atoms with E-state index in [9.17, 15) is 14.4 Å². The predicted molar refractivity (Wildman–Crippen MR) is 147 cm³/mol. The molecule has 1 aliphatic rings. The number of fused-ring (bicyclic) bond motifs is 1. The molecule has 1 aromatic carbocycles. The van der Waals surface area contributed by atoms with E-state index in [2.05, 4.69) is 47.2 Å². The highest BCUT2D eigenvalue weighted by Gasteiger charge is 2.21. The molecule has 4 rings (SSSR count). The van der Waals surface area contributed by atoms with Gasteiger partial charge in [0.15, 0.2) is 0 Å². The SMILES string of the molecule is Cc1ccc(C)c(CN2CCC(CNC(=O)CCc3c(C)nc4c(c3C)c(=O)n(C)c(=O)n4C)CC2)c1. The van der Waals surface area contributed by atoms with E-state index in [-0.39, 0.29) is 11.5 Å². The molecule has 2 aromatic heterocycles. The summed E-state index contributed by atoms with van der Waals surface area (Å²) in [5.74, 6) is 0.513. The number of aryl methyl sites for hydroxylation is 5. The van der Waals surface area contributed by atoms with Crippen LogP contribution in [0.5, 0.6) is 0 Å². The Morgan fingerprint density at radius 2 is 1.76 bits per heavy atom. The molecule has 0 saturated carbocycles. The topological polar surface area (TPSA) is 89.2 Å². The first-order chi connectivity index (χ1) is 17.6. The lowest BCUT2D eigenvalue weighted by Gasteiger charge is -2.32. The molecule has 1 saturated heterocycles. The molecule has 1 N–H and O–H groups in total. The van der Waals surface area contributed by atoms with Crippen molar-refractivity contribution in [1.29, 1.82) is 0 Å². The summed E-state index contributed by atoms with van der Waals surface area (Å²) in [5.41, 5.74) is 6.14. The summed E-state index contributed by atoms with van der Waals surface area (Å²) in [4.78, 5) is 44.8. The number of carbonyl (C=O) groups is 1. The van der Waals surface area contributed by atoms with E-state index in [1.807, 2.05) is 13.8 Å². The molecular formula is C29H39N5O3. The van der Waals surface area contributed by atoms with E-state index in [1.54, 1.807) is 7.05 Å². The molecule has 8 nitrogen and oxygen atoms in total. The van der Waals surface area contributed by atoms with Crippen LogP contribution in [0.2, 0.25) is 0 Å². The Morgan fingerprint density at radius 1 is 1.05 bits per heavy atom. The highest BCUT2D eigenvalue weighted by Crippen LogP contribution is 2.22. The fraction of sp³-hybridized carbons (Fsp3) is 0.517. The zero-order valence-corrected chi connectivity index (χ0v) is 23.0. The van der Waals surface area contributed by atoms with Gasteiger partial charge in [-0.1, -0.05) is 23.8 Å². The number of likely N-dealkylation sites (tertiary alicyclic amines) is 1. The van der Waals surface area contributed by atoms with Crippen LogP contribution in [0.3, 0.4) is 0 Å². The van der Waals surface area contributed by atoms with Gasteiger partial charge in [-0.3, -0.25) is 23.6 Å². The third kappa shape index (κ3) is 5.69. The minimum absolute atomic E-state index is 0.0186. The highest BCUT2D eigenvalue weighted by molar-refractivity contribution is 5.80. The van der Waals surface area contributed by atoms with E-state index in [0.29, 0.717) is 36.3 Å². The first kappa shape index (κ1) is 26.8. The number of pyridine rings is 1. The third-order valence-electron chi connectivity index (χ3n) is 7.97. The van der Waals surface area contributed by atoms with Crippen molar-refractivity contribution in [2.24, 2.45) is 20.0 Å². The summed E-state index contributed by atoms with van der Waals surface area (Å²) in [5, 5.41) is 3.57. The third-order valence-corrected chi connectivity index (χ3v) is 7.97. The molecule has 37 heavy (non-hydrogen) atoms. The largest absolute Gasteiger partial charge is 0.356 e. The molecule has 8 heteroatoms. The van der Waals surface area contributed by atoms with Crippen molar-refractivity contribution in [2.45, 2.75) is 59.9 Å². The predicted octanol–water partition coefficient (Wildman–Crippen LogP) is 2.83. The van der Waals surface area contributed by atoms with Crippen LogP contribution in [0.25, 0.3) is 11.0 Å². The van der Waals surface area contributed by atoms with Crippen LogP contribution in [0, 0.1) is 33.6 Å². The van der Waals surface area contributed by atoms with E-state index < -0.39 is 5.69 Å². The Balaban J connectivity index is 1.31. The Bertz CT molecular complexity index is 1440. The molecule has 3 aromatic rings. The highest BCUT2D eigenvalue weighted by atomic mass is 16.2. The zero-order valence-electron chi connectivity index (χ0n) is 23.0. The minimum atomic E-state index is -0.396. The Hall–Kier alpha value is -3.26. The summed E-state index contributed by atoms with van der Waals surface area (Å²) >= 11 is 0. The Labute approximate surface area is 218 Å². The van der Waals surface area contributed by atoms with Gasteiger partial charge in [-0.2, -0.15) is 0 Å². The van der Waals surface area contributed by atoms with Crippen molar-refractivity contribution in [2.75, 3.05) is 19.6 Å². The quantitative estimate of drug-likeness (QED) is 0.533.